The van der Waals surface area contributed by atoms with Crippen LogP contribution in [-0.2, 0) is 6.61 Å². The van der Waals surface area contributed by atoms with Gasteiger partial charge in [-0.25, -0.2) is 4.39 Å². The maximum atomic E-state index is 13.2. The number of hydrogen-bond acceptors (Lipinski definition) is 2. The smallest absolute Gasteiger partial charge is 0.127 e. The van der Waals surface area contributed by atoms with E-state index in [0.717, 1.165) is 5.56 Å². The highest BCUT2D eigenvalue weighted by Crippen LogP contribution is 2.21. The molecule has 0 atom stereocenters. The minimum absolute atomic E-state index is 0.162. The summed E-state index contributed by atoms with van der Waals surface area (Å²) in [5, 5.41) is 9.01. The maximum absolute atomic E-state index is 13.2. The Morgan fingerprint density at radius 3 is 2.80 bits per heavy atom. The Kier molecular flexibility index (Phi) is 4.52. The van der Waals surface area contributed by atoms with Gasteiger partial charge in [0.15, 0.2) is 0 Å². The standard InChI is InChI=1S/C17H14FNO/c1-2-5-13-6-3-4-7-17(13)20-12-15-10-16(18)9-8-14(15)11-19/h2-10H,12H2,1H3/b5-2+. The molecule has 0 heterocycles. The van der Waals surface area contributed by atoms with Gasteiger partial charge >= 0.3 is 0 Å². The normalized spacial score (nSPS) is 10.4. The molecule has 0 saturated carbocycles. The lowest BCUT2D eigenvalue weighted by molar-refractivity contribution is 0.304. The predicted octanol–water partition coefficient (Wildman–Crippen LogP) is 4.31. The highest BCUT2D eigenvalue weighted by molar-refractivity contribution is 5.56. The van der Waals surface area contributed by atoms with E-state index in [1.807, 2.05) is 49.4 Å². The SMILES string of the molecule is C/C=C/c1ccccc1OCc1cc(F)ccc1C#N. The van der Waals surface area contributed by atoms with E-state index in [1.54, 1.807) is 0 Å². The molecule has 2 rings (SSSR count). The molecule has 0 aliphatic rings. The number of para-hydroxylation sites is 1. The van der Waals surface area contributed by atoms with E-state index in [-0.39, 0.29) is 12.4 Å². The molecule has 3 heteroatoms. The topological polar surface area (TPSA) is 33.0 Å². The summed E-state index contributed by atoms with van der Waals surface area (Å²) in [5.41, 5.74) is 1.92. The molecule has 0 N–H and O–H groups in total. The fraction of sp³-hybridized carbons (Fsp3) is 0.118. The highest BCUT2D eigenvalue weighted by atomic mass is 19.1. The van der Waals surface area contributed by atoms with E-state index >= 15 is 0 Å². The summed E-state index contributed by atoms with van der Waals surface area (Å²) in [4.78, 5) is 0. The number of hydrogen-bond donors (Lipinski definition) is 0. The molecule has 2 aromatic carbocycles. The van der Waals surface area contributed by atoms with E-state index in [0.29, 0.717) is 16.9 Å². The van der Waals surface area contributed by atoms with Gasteiger partial charge in [0.05, 0.1) is 11.6 Å². The summed E-state index contributed by atoms with van der Waals surface area (Å²) >= 11 is 0. The monoisotopic (exact) mass is 267 g/mol. The molecule has 0 bridgehead atoms. The largest absolute Gasteiger partial charge is 0.488 e. The van der Waals surface area contributed by atoms with E-state index in [2.05, 4.69) is 0 Å². The lowest BCUT2D eigenvalue weighted by Crippen LogP contribution is -2.00. The Hall–Kier alpha value is -2.60. The highest BCUT2D eigenvalue weighted by Gasteiger charge is 2.06. The van der Waals surface area contributed by atoms with Crippen LogP contribution < -0.4 is 4.74 Å². The van der Waals surface area contributed by atoms with Crippen LogP contribution >= 0.6 is 0 Å². The van der Waals surface area contributed by atoms with Gasteiger partial charge in [0.2, 0.25) is 0 Å². The van der Waals surface area contributed by atoms with Crippen LogP contribution in [0.2, 0.25) is 0 Å². The summed E-state index contributed by atoms with van der Waals surface area (Å²) in [5.74, 6) is 0.336. The van der Waals surface area contributed by atoms with Crippen molar-refractivity contribution in [3.63, 3.8) is 0 Å². The summed E-state index contributed by atoms with van der Waals surface area (Å²) in [6.45, 7) is 2.09. The van der Waals surface area contributed by atoms with E-state index in [9.17, 15) is 4.39 Å². The summed E-state index contributed by atoms with van der Waals surface area (Å²) < 4.78 is 18.9. The molecule has 0 aliphatic carbocycles. The van der Waals surface area contributed by atoms with E-state index < -0.39 is 0 Å². The van der Waals surface area contributed by atoms with Gasteiger partial charge < -0.3 is 4.74 Å². The third-order valence-electron chi connectivity index (χ3n) is 2.84. The predicted molar refractivity (Wildman–Crippen MR) is 76.6 cm³/mol. The van der Waals surface area contributed by atoms with Gasteiger partial charge in [-0.2, -0.15) is 5.26 Å². The first-order valence-corrected chi connectivity index (χ1v) is 6.27. The summed E-state index contributed by atoms with van der Waals surface area (Å²) in [6, 6.07) is 13.7. The fourth-order valence-electron chi connectivity index (χ4n) is 1.88. The van der Waals surface area contributed by atoms with Crippen LogP contribution in [0.3, 0.4) is 0 Å². The van der Waals surface area contributed by atoms with E-state index in [4.69, 9.17) is 10.00 Å². The zero-order valence-corrected chi connectivity index (χ0v) is 11.1. The van der Waals surface area contributed by atoms with Crippen molar-refractivity contribution in [3.8, 4) is 11.8 Å². The maximum Gasteiger partial charge on any atom is 0.127 e. The van der Waals surface area contributed by atoms with Crippen molar-refractivity contribution >= 4 is 6.08 Å². The van der Waals surface area contributed by atoms with Crippen molar-refractivity contribution in [1.29, 1.82) is 5.26 Å². The second-order valence-electron chi connectivity index (χ2n) is 4.24. The van der Waals surface area contributed by atoms with Crippen molar-refractivity contribution < 1.29 is 9.13 Å². The molecule has 0 spiro atoms. The molecule has 0 unspecified atom stereocenters. The van der Waals surface area contributed by atoms with E-state index in [1.165, 1.54) is 18.2 Å². The van der Waals surface area contributed by atoms with Gasteiger partial charge in [-0.05, 0) is 31.2 Å². The van der Waals surface area contributed by atoms with Crippen LogP contribution in [0.15, 0.2) is 48.5 Å². The minimum Gasteiger partial charge on any atom is -0.488 e. The number of nitrogens with zero attached hydrogens (tertiary/aromatic N) is 1. The van der Waals surface area contributed by atoms with Gasteiger partial charge in [0.25, 0.3) is 0 Å². The molecule has 100 valence electrons. The molecule has 0 fully saturated rings. The molecule has 20 heavy (non-hydrogen) atoms. The van der Waals surface area contributed by atoms with Crippen LogP contribution in [0.5, 0.6) is 5.75 Å². The molecule has 0 amide bonds. The third-order valence-corrected chi connectivity index (χ3v) is 2.84. The summed E-state index contributed by atoms with van der Waals surface area (Å²) in [6.07, 6.45) is 3.86. The molecule has 2 nitrogen and oxygen atoms in total. The van der Waals surface area contributed by atoms with Gasteiger partial charge in [0, 0.05) is 11.1 Å². The molecule has 2 aromatic rings. The zero-order valence-electron chi connectivity index (χ0n) is 11.1. The van der Waals surface area contributed by atoms with Crippen molar-refractivity contribution in [3.05, 3.63) is 71.0 Å². The van der Waals surface area contributed by atoms with Crippen LogP contribution in [-0.4, -0.2) is 0 Å². The van der Waals surface area contributed by atoms with Crippen molar-refractivity contribution in [2.24, 2.45) is 0 Å². The number of ether oxygens (including phenoxy) is 1. The molecule has 0 saturated heterocycles. The Bertz CT molecular complexity index is 671. The van der Waals surface area contributed by atoms with Gasteiger partial charge in [0.1, 0.15) is 18.2 Å². The number of halogens is 1. The average molecular weight is 267 g/mol. The minimum atomic E-state index is -0.371. The second-order valence-corrected chi connectivity index (χ2v) is 4.24. The summed E-state index contributed by atoms with van der Waals surface area (Å²) in [7, 11) is 0. The van der Waals surface area contributed by atoms with Crippen LogP contribution in [0, 0.1) is 17.1 Å². The third kappa shape index (κ3) is 3.24. The number of nitriles is 1. The van der Waals surface area contributed by atoms with Crippen LogP contribution in [0.25, 0.3) is 6.08 Å². The van der Waals surface area contributed by atoms with Gasteiger partial charge in [-0.1, -0.05) is 30.4 Å². The first kappa shape index (κ1) is 13.8. The number of rotatable bonds is 4. The zero-order chi connectivity index (χ0) is 14.4. The Balaban J connectivity index is 2.21. The first-order valence-electron chi connectivity index (χ1n) is 6.27. The van der Waals surface area contributed by atoms with Crippen molar-refractivity contribution in [1.82, 2.24) is 0 Å². The molecule has 0 aromatic heterocycles. The second kappa shape index (κ2) is 6.53. The average Bonchev–Trinajstić information content (AvgIpc) is 2.47. The molecular weight excluding hydrogens is 253 g/mol. The first-order chi connectivity index (χ1) is 9.74. The fourth-order valence-corrected chi connectivity index (χ4v) is 1.88. The van der Waals surface area contributed by atoms with Gasteiger partial charge in [-0.15, -0.1) is 0 Å². The Morgan fingerprint density at radius 2 is 2.05 bits per heavy atom. The Labute approximate surface area is 117 Å². The Morgan fingerprint density at radius 1 is 1.25 bits per heavy atom. The molecule has 0 aliphatic heterocycles. The van der Waals surface area contributed by atoms with Crippen molar-refractivity contribution in [2.45, 2.75) is 13.5 Å². The van der Waals surface area contributed by atoms with Gasteiger partial charge in [-0.3, -0.25) is 0 Å². The lowest BCUT2D eigenvalue weighted by atomic mass is 10.1. The lowest BCUT2D eigenvalue weighted by Gasteiger charge is -2.10. The molecular formula is C17H14FNO. The van der Waals surface area contributed by atoms with Crippen LogP contribution in [0.4, 0.5) is 4.39 Å². The quantitative estimate of drug-likeness (QED) is 0.827. The molecule has 0 radical (unpaired) electrons. The van der Waals surface area contributed by atoms with Crippen molar-refractivity contribution in [2.75, 3.05) is 0 Å². The number of allylic oxidation sites excluding steroid dienone is 1. The number of benzene rings is 2. The van der Waals surface area contributed by atoms with Crippen LogP contribution in [0.1, 0.15) is 23.6 Å².